The summed E-state index contributed by atoms with van der Waals surface area (Å²) in [5.74, 6) is -1.04. The molecule has 0 rings (SSSR count). The van der Waals surface area contributed by atoms with Gasteiger partial charge in [0.25, 0.3) is 0 Å². The SMILES string of the molecule is CC/C=C\C/C=C\C/C=C\C/C=C\C/C=C\C/C=C\CCCCC(=O)OC(COC(=O)CC/C=C\C/C=C\C/C=C\C/C=C\CC)COC(=O)CCCCCCCCCCCCCCCCCCCCCCCCCCCCCCC. The molecule has 0 spiro atoms. The average molecular weight is 1120 g/mol. The van der Waals surface area contributed by atoms with E-state index in [2.05, 4.69) is 136 Å². The minimum Gasteiger partial charge on any atom is -0.462 e. The van der Waals surface area contributed by atoms with Crippen LogP contribution in [-0.4, -0.2) is 37.2 Å². The quantitative estimate of drug-likeness (QED) is 0.0261. The number of unbranched alkanes of at least 4 members (excludes halogenated alkanes) is 30. The number of hydrogen-bond donors (Lipinski definition) is 0. The van der Waals surface area contributed by atoms with Gasteiger partial charge < -0.3 is 14.2 Å². The smallest absolute Gasteiger partial charge is 0.306 e. The first kappa shape index (κ1) is 76.8. The summed E-state index contributed by atoms with van der Waals surface area (Å²) >= 11 is 0. The van der Waals surface area contributed by atoms with Gasteiger partial charge in [0.2, 0.25) is 0 Å². The second kappa shape index (κ2) is 68.3. The topological polar surface area (TPSA) is 78.9 Å². The maximum atomic E-state index is 12.9. The molecule has 6 heteroatoms. The summed E-state index contributed by atoms with van der Waals surface area (Å²) in [5.41, 5.74) is 0. The van der Waals surface area contributed by atoms with Crippen molar-refractivity contribution < 1.29 is 28.6 Å². The Morgan fingerprint density at radius 1 is 0.259 bits per heavy atom. The predicted octanol–water partition coefficient (Wildman–Crippen LogP) is 23.6. The molecule has 0 amide bonds. The van der Waals surface area contributed by atoms with Gasteiger partial charge in [-0.05, 0) is 96.3 Å². The molecule has 0 heterocycles. The van der Waals surface area contributed by atoms with Gasteiger partial charge in [-0.15, -0.1) is 0 Å². The maximum Gasteiger partial charge on any atom is 0.306 e. The van der Waals surface area contributed by atoms with Crippen LogP contribution in [0.5, 0.6) is 0 Å². The van der Waals surface area contributed by atoms with E-state index in [9.17, 15) is 14.4 Å². The average Bonchev–Trinajstić information content (AvgIpc) is 3.46. The van der Waals surface area contributed by atoms with Gasteiger partial charge in [0.15, 0.2) is 6.10 Å². The van der Waals surface area contributed by atoms with Crippen LogP contribution in [0.2, 0.25) is 0 Å². The Balaban J connectivity index is 4.33. The van der Waals surface area contributed by atoms with E-state index in [1.165, 1.54) is 167 Å². The summed E-state index contributed by atoms with van der Waals surface area (Å²) in [6.07, 6.45) is 95.4. The minimum absolute atomic E-state index is 0.118. The first-order chi connectivity index (χ1) is 40.0. The lowest BCUT2D eigenvalue weighted by atomic mass is 10.0. The molecule has 1 atom stereocenters. The molecule has 0 saturated carbocycles. The van der Waals surface area contributed by atoms with Crippen LogP contribution in [0.25, 0.3) is 0 Å². The zero-order valence-corrected chi connectivity index (χ0v) is 53.0. The molecule has 0 aliphatic carbocycles. The Labute approximate surface area is 501 Å². The molecule has 1 unspecified atom stereocenters. The maximum absolute atomic E-state index is 12.9. The fraction of sp³-hybridized carbons (Fsp3) is 0.693. The van der Waals surface area contributed by atoms with Crippen LogP contribution in [-0.2, 0) is 28.6 Å². The number of ether oxygens (including phenoxy) is 3. The number of hydrogen-bond acceptors (Lipinski definition) is 6. The van der Waals surface area contributed by atoms with Gasteiger partial charge >= 0.3 is 17.9 Å². The van der Waals surface area contributed by atoms with Gasteiger partial charge in [-0.3, -0.25) is 14.4 Å². The largest absolute Gasteiger partial charge is 0.462 e. The third kappa shape index (κ3) is 66.5. The van der Waals surface area contributed by atoms with E-state index >= 15 is 0 Å². The molecule has 0 bridgehead atoms. The molecule has 462 valence electrons. The van der Waals surface area contributed by atoms with Crippen LogP contribution in [0.1, 0.15) is 316 Å². The summed E-state index contributed by atoms with van der Waals surface area (Å²) in [6.45, 7) is 6.34. The van der Waals surface area contributed by atoms with Crippen LogP contribution in [0.3, 0.4) is 0 Å². The molecule has 0 N–H and O–H groups in total. The van der Waals surface area contributed by atoms with Crippen LogP contribution in [0.4, 0.5) is 0 Å². The summed E-state index contributed by atoms with van der Waals surface area (Å²) in [5, 5.41) is 0. The standard InChI is InChI=1S/C75H126O6/c1-4-7-10-13-16-19-22-25-27-29-31-33-34-35-36-37-38-39-40-42-43-45-47-50-53-56-59-62-65-68-74(77)80-71-72(70-79-73(76)67-64-61-58-55-52-49-24-21-18-15-12-9-6-3)81-75(78)69-66-63-60-57-54-51-48-46-44-41-32-30-28-26-23-20-17-14-11-8-5-2/h8-9,11-12,17-18,20-21,26,28,32,41,46,48-49,52,54,57-58,61,72H,4-7,10,13-16,19,22-25,27,29-31,33-40,42-45,47,50-51,53,55-56,59-60,62-71H2,1-3H3/b11-8-,12-9-,20-17-,21-18-,28-26-,41-32-,48-46-,52-49-,57-54-,61-58-. The van der Waals surface area contributed by atoms with E-state index in [1.807, 2.05) is 6.08 Å². The molecule has 6 nitrogen and oxygen atoms in total. The Morgan fingerprint density at radius 2 is 0.506 bits per heavy atom. The lowest BCUT2D eigenvalue weighted by Crippen LogP contribution is -2.30. The van der Waals surface area contributed by atoms with Gasteiger partial charge in [0.1, 0.15) is 13.2 Å². The second-order valence-corrected chi connectivity index (χ2v) is 22.3. The van der Waals surface area contributed by atoms with Crippen molar-refractivity contribution in [1.82, 2.24) is 0 Å². The van der Waals surface area contributed by atoms with Gasteiger partial charge in [-0.2, -0.15) is 0 Å². The van der Waals surface area contributed by atoms with Crippen LogP contribution < -0.4 is 0 Å². The normalized spacial score (nSPS) is 12.9. The third-order valence-corrected chi connectivity index (χ3v) is 14.5. The van der Waals surface area contributed by atoms with Crippen molar-refractivity contribution in [2.45, 2.75) is 322 Å². The first-order valence-corrected chi connectivity index (χ1v) is 34.0. The van der Waals surface area contributed by atoms with E-state index in [4.69, 9.17) is 14.2 Å². The molecule has 0 aliphatic rings. The highest BCUT2D eigenvalue weighted by Crippen LogP contribution is 2.17. The molecular weight excluding hydrogens is 997 g/mol. The summed E-state index contributed by atoms with van der Waals surface area (Å²) < 4.78 is 16.8. The first-order valence-electron chi connectivity index (χ1n) is 34.0. The molecule has 0 aromatic rings. The van der Waals surface area contributed by atoms with Crippen LogP contribution >= 0.6 is 0 Å². The third-order valence-electron chi connectivity index (χ3n) is 14.5. The van der Waals surface area contributed by atoms with Gasteiger partial charge in [-0.25, -0.2) is 0 Å². The van der Waals surface area contributed by atoms with Crippen LogP contribution in [0, 0.1) is 0 Å². The Bertz CT molecular complexity index is 1670. The van der Waals surface area contributed by atoms with Crippen molar-refractivity contribution in [2.75, 3.05) is 13.2 Å². The number of rotatable bonds is 61. The highest BCUT2D eigenvalue weighted by molar-refractivity contribution is 5.71. The Hall–Kier alpha value is -4.19. The lowest BCUT2D eigenvalue weighted by Gasteiger charge is -2.18. The molecule has 0 fully saturated rings. The Morgan fingerprint density at radius 3 is 0.827 bits per heavy atom. The van der Waals surface area contributed by atoms with Crippen LogP contribution in [0.15, 0.2) is 122 Å². The highest BCUT2D eigenvalue weighted by atomic mass is 16.6. The summed E-state index contributed by atoms with van der Waals surface area (Å²) in [4.78, 5) is 38.3. The second-order valence-electron chi connectivity index (χ2n) is 22.3. The van der Waals surface area contributed by atoms with Gasteiger partial charge in [0, 0.05) is 19.3 Å². The molecule has 0 aliphatic heterocycles. The van der Waals surface area contributed by atoms with Gasteiger partial charge in [-0.1, -0.05) is 322 Å². The number of allylic oxidation sites excluding steroid dienone is 20. The number of carbonyl (C=O) groups is 3. The molecule has 81 heavy (non-hydrogen) atoms. The van der Waals surface area contributed by atoms with Crippen molar-refractivity contribution in [3.8, 4) is 0 Å². The predicted molar refractivity (Wildman–Crippen MR) is 353 cm³/mol. The molecule has 0 radical (unpaired) electrons. The summed E-state index contributed by atoms with van der Waals surface area (Å²) in [7, 11) is 0. The number of carbonyl (C=O) groups excluding carboxylic acids is 3. The van der Waals surface area contributed by atoms with E-state index < -0.39 is 6.10 Å². The zero-order valence-electron chi connectivity index (χ0n) is 53.0. The van der Waals surface area contributed by atoms with Crippen molar-refractivity contribution in [2.24, 2.45) is 0 Å². The molecule has 0 aromatic heterocycles. The van der Waals surface area contributed by atoms with E-state index in [1.54, 1.807) is 0 Å². The molecule has 0 aromatic carbocycles. The van der Waals surface area contributed by atoms with Crippen molar-refractivity contribution in [3.05, 3.63) is 122 Å². The lowest BCUT2D eigenvalue weighted by molar-refractivity contribution is -0.166. The van der Waals surface area contributed by atoms with E-state index in [0.717, 1.165) is 96.3 Å². The number of esters is 3. The molecule has 0 saturated heterocycles. The van der Waals surface area contributed by atoms with E-state index in [-0.39, 0.29) is 44.0 Å². The zero-order chi connectivity index (χ0) is 58.5. The minimum atomic E-state index is -0.834. The fourth-order valence-electron chi connectivity index (χ4n) is 9.46. The van der Waals surface area contributed by atoms with Crippen molar-refractivity contribution in [1.29, 1.82) is 0 Å². The van der Waals surface area contributed by atoms with Crippen molar-refractivity contribution >= 4 is 17.9 Å². The molecular formula is C75H126O6. The van der Waals surface area contributed by atoms with E-state index in [0.29, 0.717) is 19.3 Å². The summed E-state index contributed by atoms with van der Waals surface area (Å²) in [6, 6.07) is 0. The van der Waals surface area contributed by atoms with Gasteiger partial charge in [0.05, 0.1) is 0 Å². The fourth-order valence-corrected chi connectivity index (χ4v) is 9.46. The monoisotopic (exact) mass is 1120 g/mol. The van der Waals surface area contributed by atoms with Crippen molar-refractivity contribution in [3.63, 3.8) is 0 Å². The Kier molecular flexibility index (Phi) is 64.8. The highest BCUT2D eigenvalue weighted by Gasteiger charge is 2.19.